The first-order valence-electron chi connectivity index (χ1n) is 10.2. The number of carbonyl (C=O) groups excluding carboxylic acids is 3. The SMILES string of the molecule is CCCCCCCCCCCCCCCC(=O)OC1CC(=O)NC1=O. The minimum absolute atomic E-state index is 0.0385. The van der Waals surface area contributed by atoms with E-state index < -0.39 is 12.0 Å². The van der Waals surface area contributed by atoms with E-state index in [1.54, 1.807) is 0 Å². The van der Waals surface area contributed by atoms with Crippen molar-refractivity contribution in [1.29, 1.82) is 0 Å². The average molecular weight is 354 g/mol. The third-order valence-electron chi connectivity index (χ3n) is 4.68. The van der Waals surface area contributed by atoms with Gasteiger partial charge in [-0.3, -0.25) is 19.7 Å². The lowest BCUT2D eigenvalue weighted by atomic mass is 10.0. The van der Waals surface area contributed by atoms with E-state index >= 15 is 0 Å². The van der Waals surface area contributed by atoms with E-state index in [1.165, 1.54) is 64.2 Å². The molecule has 1 atom stereocenters. The minimum atomic E-state index is -0.915. The van der Waals surface area contributed by atoms with Gasteiger partial charge in [-0.2, -0.15) is 0 Å². The van der Waals surface area contributed by atoms with Crippen LogP contribution in [0, 0.1) is 0 Å². The van der Waals surface area contributed by atoms with Crippen LogP contribution in [0.15, 0.2) is 0 Å². The van der Waals surface area contributed by atoms with Crippen molar-refractivity contribution in [2.75, 3.05) is 0 Å². The molecule has 1 unspecified atom stereocenters. The van der Waals surface area contributed by atoms with Gasteiger partial charge in [0.25, 0.3) is 5.91 Å². The Morgan fingerprint density at radius 3 is 1.80 bits per heavy atom. The number of nitrogens with one attached hydrogen (secondary N) is 1. The van der Waals surface area contributed by atoms with E-state index in [-0.39, 0.29) is 18.3 Å². The summed E-state index contributed by atoms with van der Waals surface area (Å²) in [5.41, 5.74) is 0. The van der Waals surface area contributed by atoms with Crippen LogP contribution >= 0.6 is 0 Å². The predicted octanol–water partition coefficient (Wildman–Crippen LogP) is 4.43. The summed E-state index contributed by atoms with van der Waals surface area (Å²) in [7, 11) is 0. The van der Waals surface area contributed by atoms with Crippen molar-refractivity contribution >= 4 is 17.8 Å². The number of imide groups is 1. The Balaban J connectivity index is 1.83. The highest BCUT2D eigenvalue weighted by atomic mass is 16.5. The number of carbonyl (C=O) groups is 3. The van der Waals surface area contributed by atoms with E-state index in [4.69, 9.17) is 4.74 Å². The van der Waals surface area contributed by atoms with Crippen molar-refractivity contribution in [3.63, 3.8) is 0 Å². The molecule has 144 valence electrons. The fraction of sp³-hybridized carbons (Fsp3) is 0.850. The van der Waals surface area contributed by atoms with Crippen LogP contribution in [-0.2, 0) is 19.1 Å². The Morgan fingerprint density at radius 1 is 0.880 bits per heavy atom. The second-order valence-electron chi connectivity index (χ2n) is 7.09. The highest BCUT2D eigenvalue weighted by Crippen LogP contribution is 2.14. The van der Waals surface area contributed by atoms with Gasteiger partial charge in [0.05, 0.1) is 6.42 Å². The number of unbranched alkanes of at least 4 members (excludes halogenated alkanes) is 12. The zero-order valence-electron chi connectivity index (χ0n) is 15.8. The first-order chi connectivity index (χ1) is 12.1. The maximum atomic E-state index is 11.6. The van der Waals surface area contributed by atoms with Gasteiger partial charge < -0.3 is 4.74 Å². The summed E-state index contributed by atoms with van der Waals surface area (Å²) in [6, 6.07) is 0. The molecule has 5 nitrogen and oxygen atoms in total. The minimum Gasteiger partial charge on any atom is -0.452 e. The van der Waals surface area contributed by atoms with Gasteiger partial charge >= 0.3 is 5.97 Å². The maximum absolute atomic E-state index is 11.6. The van der Waals surface area contributed by atoms with Gasteiger partial charge in [0, 0.05) is 6.42 Å². The molecule has 1 saturated heterocycles. The van der Waals surface area contributed by atoms with Crippen molar-refractivity contribution < 1.29 is 19.1 Å². The van der Waals surface area contributed by atoms with Crippen molar-refractivity contribution in [2.24, 2.45) is 0 Å². The summed E-state index contributed by atoms with van der Waals surface area (Å²) in [4.78, 5) is 33.9. The van der Waals surface area contributed by atoms with Crippen LogP contribution in [0.3, 0.4) is 0 Å². The Morgan fingerprint density at radius 2 is 1.36 bits per heavy atom. The summed E-state index contributed by atoms with van der Waals surface area (Å²) in [5, 5.41) is 2.13. The zero-order valence-corrected chi connectivity index (χ0v) is 15.8. The standard InChI is InChI=1S/C20H35NO4/c1-2-3-4-5-6-7-8-9-10-11-12-13-14-15-19(23)25-17-16-18(22)21-20(17)24/h17H,2-16H2,1H3,(H,21,22,24). The van der Waals surface area contributed by atoms with Crippen molar-refractivity contribution in [2.45, 2.75) is 109 Å². The van der Waals surface area contributed by atoms with E-state index in [0.29, 0.717) is 6.42 Å². The molecule has 1 heterocycles. The molecule has 1 aliphatic rings. The molecule has 0 bridgehead atoms. The predicted molar refractivity (Wildman–Crippen MR) is 98.0 cm³/mol. The Labute approximate surface area is 152 Å². The summed E-state index contributed by atoms with van der Waals surface area (Å²) in [5.74, 6) is -1.25. The summed E-state index contributed by atoms with van der Waals surface area (Å²) < 4.78 is 5.03. The Bertz CT molecular complexity index is 409. The lowest BCUT2D eigenvalue weighted by molar-refractivity contribution is -0.154. The molecule has 0 aromatic rings. The van der Waals surface area contributed by atoms with Crippen molar-refractivity contribution in [3.05, 3.63) is 0 Å². The Hall–Kier alpha value is -1.39. The summed E-state index contributed by atoms with van der Waals surface area (Å²) in [6.07, 6.45) is 15.7. The molecular formula is C20H35NO4. The Kier molecular flexibility index (Phi) is 12.0. The highest BCUT2D eigenvalue weighted by molar-refractivity contribution is 6.05. The van der Waals surface area contributed by atoms with Gasteiger partial charge in [0.2, 0.25) is 5.91 Å². The average Bonchev–Trinajstić information content (AvgIpc) is 2.89. The molecule has 0 saturated carbocycles. The number of esters is 1. The van der Waals surface area contributed by atoms with Crippen LogP contribution < -0.4 is 5.32 Å². The third kappa shape index (κ3) is 11.0. The highest BCUT2D eigenvalue weighted by Gasteiger charge is 2.33. The van der Waals surface area contributed by atoms with E-state index in [9.17, 15) is 14.4 Å². The number of ether oxygens (including phenoxy) is 1. The topological polar surface area (TPSA) is 72.5 Å². The van der Waals surface area contributed by atoms with Crippen molar-refractivity contribution in [3.8, 4) is 0 Å². The first kappa shape index (κ1) is 21.7. The fourth-order valence-corrected chi connectivity index (χ4v) is 3.13. The molecule has 2 amide bonds. The number of hydrogen-bond acceptors (Lipinski definition) is 4. The van der Waals surface area contributed by atoms with Crippen LogP contribution in [0.2, 0.25) is 0 Å². The molecule has 25 heavy (non-hydrogen) atoms. The molecule has 0 spiro atoms. The molecule has 5 heteroatoms. The largest absolute Gasteiger partial charge is 0.452 e. The lowest BCUT2D eigenvalue weighted by Gasteiger charge is -2.08. The van der Waals surface area contributed by atoms with Crippen molar-refractivity contribution in [1.82, 2.24) is 5.32 Å². The maximum Gasteiger partial charge on any atom is 0.306 e. The molecule has 1 aliphatic heterocycles. The first-order valence-corrected chi connectivity index (χ1v) is 10.2. The van der Waals surface area contributed by atoms with E-state index in [1.807, 2.05) is 0 Å². The van der Waals surface area contributed by atoms with Gasteiger partial charge in [0.15, 0.2) is 6.10 Å². The molecule has 0 radical (unpaired) electrons. The van der Waals surface area contributed by atoms with Crippen LogP contribution in [0.25, 0.3) is 0 Å². The molecule has 0 aliphatic carbocycles. The van der Waals surface area contributed by atoms with Crippen LogP contribution in [0.4, 0.5) is 0 Å². The smallest absolute Gasteiger partial charge is 0.306 e. The number of hydrogen-bond donors (Lipinski definition) is 1. The second-order valence-corrected chi connectivity index (χ2v) is 7.09. The van der Waals surface area contributed by atoms with Crippen LogP contribution in [-0.4, -0.2) is 23.9 Å². The van der Waals surface area contributed by atoms with Crippen LogP contribution in [0.5, 0.6) is 0 Å². The third-order valence-corrected chi connectivity index (χ3v) is 4.68. The van der Waals surface area contributed by atoms with Gasteiger partial charge in [-0.25, -0.2) is 0 Å². The molecule has 1 fully saturated rings. The molecule has 1 N–H and O–H groups in total. The van der Waals surface area contributed by atoms with Crippen LogP contribution in [0.1, 0.15) is 103 Å². The van der Waals surface area contributed by atoms with Gasteiger partial charge in [-0.05, 0) is 6.42 Å². The normalized spacial score (nSPS) is 16.9. The van der Waals surface area contributed by atoms with Gasteiger partial charge in [-0.1, -0.05) is 84.0 Å². The second kappa shape index (κ2) is 13.9. The quantitative estimate of drug-likeness (QED) is 0.269. The molecule has 1 rings (SSSR count). The molecule has 0 aromatic heterocycles. The fourth-order valence-electron chi connectivity index (χ4n) is 3.13. The molecular weight excluding hydrogens is 318 g/mol. The van der Waals surface area contributed by atoms with Gasteiger partial charge in [-0.15, -0.1) is 0 Å². The van der Waals surface area contributed by atoms with Gasteiger partial charge in [0.1, 0.15) is 0 Å². The summed E-state index contributed by atoms with van der Waals surface area (Å²) in [6.45, 7) is 2.25. The van der Waals surface area contributed by atoms with E-state index in [2.05, 4.69) is 12.2 Å². The molecule has 0 aromatic carbocycles. The summed E-state index contributed by atoms with van der Waals surface area (Å²) >= 11 is 0. The number of amides is 2. The monoisotopic (exact) mass is 353 g/mol. The lowest BCUT2D eigenvalue weighted by Crippen LogP contribution is -2.28. The van der Waals surface area contributed by atoms with E-state index in [0.717, 1.165) is 19.3 Å². The zero-order chi connectivity index (χ0) is 18.3. The number of rotatable bonds is 15.